The molecule has 3 aromatic rings. The monoisotopic (exact) mass is 401 g/mol. The number of benzene rings is 2. The molecule has 146 valence electrons. The fourth-order valence-corrected chi connectivity index (χ4v) is 5.94. The lowest BCUT2D eigenvalue weighted by atomic mass is 9.80. The van der Waals surface area contributed by atoms with E-state index in [1.807, 2.05) is 25.1 Å². The van der Waals surface area contributed by atoms with E-state index < -0.39 is 5.60 Å². The number of ether oxygens (including phenoxy) is 1. The molecule has 1 aromatic heterocycles. The average Bonchev–Trinajstić information content (AvgIpc) is 3.18. The summed E-state index contributed by atoms with van der Waals surface area (Å²) in [6, 6.07) is 18.3. The molecular weight excluding hydrogens is 376 g/mol. The zero-order valence-electron chi connectivity index (χ0n) is 16.9. The third-order valence-corrected chi connectivity index (χ3v) is 7.75. The van der Waals surface area contributed by atoms with Crippen molar-refractivity contribution in [3.05, 3.63) is 77.2 Å². The number of carbonyl (C=O) groups excluding carboxylic acids is 1. The van der Waals surface area contributed by atoms with E-state index in [0.29, 0.717) is 5.56 Å². The van der Waals surface area contributed by atoms with Gasteiger partial charge in [-0.15, -0.1) is 6.42 Å². The van der Waals surface area contributed by atoms with Gasteiger partial charge in [0.2, 0.25) is 0 Å². The highest BCUT2D eigenvalue weighted by atomic mass is 32.2. The van der Waals surface area contributed by atoms with Gasteiger partial charge in [0.15, 0.2) is 15.2 Å². The van der Waals surface area contributed by atoms with Crippen LogP contribution in [0.25, 0.3) is 15.0 Å². The lowest BCUT2D eigenvalue weighted by Crippen LogP contribution is -2.38. The molecule has 0 saturated carbocycles. The summed E-state index contributed by atoms with van der Waals surface area (Å²) in [5, 5.41) is 3.44. The first-order valence-corrected chi connectivity index (χ1v) is 11.3. The molecule has 0 aliphatic heterocycles. The molecule has 0 bridgehead atoms. The van der Waals surface area contributed by atoms with Crippen LogP contribution in [0.3, 0.4) is 0 Å². The summed E-state index contributed by atoms with van der Waals surface area (Å²) in [7, 11) is -0.165. The van der Waals surface area contributed by atoms with Gasteiger partial charge in [0, 0.05) is 33.9 Å². The van der Waals surface area contributed by atoms with E-state index in [9.17, 15) is 4.79 Å². The van der Waals surface area contributed by atoms with E-state index in [-0.39, 0.29) is 22.4 Å². The number of thiophene rings is 1. The Labute approximate surface area is 175 Å². The number of terminal acetylenes is 1. The molecular formula is C26H25O2S+. The fraction of sp³-hybridized carbons (Fsp3) is 0.269. The molecule has 29 heavy (non-hydrogen) atoms. The minimum absolute atomic E-state index is 0.0555. The molecule has 3 unspecified atom stereocenters. The number of hydrogen-bond donors (Lipinski definition) is 0. The van der Waals surface area contributed by atoms with E-state index in [1.165, 1.54) is 15.7 Å². The molecule has 0 fully saturated rings. The summed E-state index contributed by atoms with van der Waals surface area (Å²) in [5.74, 6) is 2.45. The highest BCUT2D eigenvalue weighted by molar-refractivity contribution is 7.43. The predicted molar refractivity (Wildman–Crippen MR) is 122 cm³/mol. The molecule has 4 rings (SSSR count). The molecule has 0 spiro atoms. The maximum atomic E-state index is 13.0. The summed E-state index contributed by atoms with van der Waals surface area (Å²) >= 11 is 0. The summed E-state index contributed by atoms with van der Waals surface area (Å²) < 4.78 is 7.20. The van der Waals surface area contributed by atoms with Crippen LogP contribution in [0.4, 0.5) is 0 Å². The van der Waals surface area contributed by atoms with Crippen LogP contribution in [-0.2, 0) is 4.74 Å². The molecule has 2 nitrogen and oxygen atoms in total. The molecule has 1 heterocycles. The van der Waals surface area contributed by atoms with Gasteiger partial charge in [-0.1, -0.05) is 35.8 Å². The zero-order valence-corrected chi connectivity index (χ0v) is 17.7. The van der Waals surface area contributed by atoms with Gasteiger partial charge in [-0.2, -0.15) is 0 Å². The van der Waals surface area contributed by atoms with Crippen molar-refractivity contribution in [3.63, 3.8) is 0 Å². The predicted octanol–water partition coefficient (Wildman–Crippen LogP) is 6.87. The molecule has 3 atom stereocenters. The SMILES string of the molecule is C#CC(C)(OC(=O)c1cccc(-[s+]2ccc3ccccc32)c1)C1C=C(C)CCC1. The van der Waals surface area contributed by atoms with Crippen LogP contribution in [-0.4, -0.2) is 11.6 Å². The third kappa shape index (κ3) is 3.86. The maximum absolute atomic E-state index is 13.0. The first kappa shape index (κ1) is 19.5. The number of fused-ring (bicyclic) bond motifs is 1. The number of carbonyl (C=O) groups is 1. The van der Waals surface area contributed by atoms with Crippen LogP contribution >= 0.6 is 10.5 Å². The van der Waals surface area contributed by atoms with Crippen molar-refractivity contribution in [2.75, 3.05) is 0 Å². The van der Waals surface area contributed by atoms with Gasteiger partial charge in [-0.05, 0) is 57.4 Å². The largest absolute Gasteiger partial charge is 0.442 e. The normalized spacial score (nSPS) is 19.1. The minimum atomic E-state index is -0.934. The standard InChI is InChI=1S/C26H25O2S/c1-4-26(3,22-12-7-9-19(2)17-22)28-25(27)21-11-8-13-23(18-21)29-16-15-20-10-5-6-14-24(20)29/h1,5-6,8,10-11,13-18,22H,7,9,12H2,2-3H3/q+1. The molecule has 0 amide bonds. The van der Waals surface area contributed by atoms with Crippen LogP contribution in [0.5, 0.6) is 0 Å². The average molecular weight is 402 g/mol. The highest BCUT2D eigenvalue weighted by Gasteiger charge is 2.36. The van der Waals surface area contributed by atoms with Gasteiger partial charge in [-0.25, -0.2) is 4.79 Å². The maximum Gasteiger partial charge on any atom is 0.339 e. The second-order valence-corrected chi connectivity index (χ2v) is 9.72. The number of allylic oxidation sites excluding steroid dienone is 1. The van der Waals surface area contributed by atoms with Gasteiger partial charge in [0.1, 0.15) is 5.38 Å². The van der Waals surface area contributed by atoms with Crippen LogP contribution in [0.1, 0.15) is 43.5 Å². The van der Waals surface area contributed by atoms with Gasteiger partial charge in [0.05, 0.1) is 5.56 Å². The van der Waals surface area contributed by atoms with E-state index in [0.717, 1.165) is 24.2 Å². The Balaban J connectivity index is 1.62. The Morgan fingerprint density at radius 1 is 1.21 bits per heavy atom. The molecule has 3 heteroatoms. The van der Waals surface area contributed by atoms with Crippen LogP contribution in [0, 0.1) is 18.3 Å². The first-order valence-electron chi connectivity index (χ1n) is 9.99. The molecule has 1 aliphatic carbocycles. The van der Waals surface area contributed by atoms with Crippen LogP contribution < -0.4 is 0 Å². The molecule has 0 saturated heterocycles. The molecule has 0 N–H and O–H groups in total. The minimum Gasteiger partial charge on any atom is -0.442 e. The van der Waals surface area contributed by atoms with Crippen molar-refractivity contribution >= 4 is 26.5 Å². The van der Waals surface area contributed by atoms with Crippen molar-refractivity contribution in [3.8, 4) is 17.2 Å². The van der Waals surface area contributed by atoms with E-state index in [4.69, 9.17) is 11.2 Å². The van der Waals surface area contributed by atoms with Gasteiger partial charge in [-0.3, -0.25) is 0 Å². The fourth-order valence-electron chi connectivity index (χ4n) is 4.01. The first-order chi connectivity index (χ1) is 14.0. The van der Waals surface area contributed by atoms with Crippen molar-refractivity contribution in [1.29, 1.82) is 0 Å². The van der Waals surface area contributed by atoms with Crippen LogP contribution in [0.15, 0.2) is 71.6 Å². The Kier molecular flexibility index (Phi) is 5.30. The molecule has 1 aliphatic rings. The number of esters is 1. The van der Waals surface area contributed by atoms with Gasteiger partial charge < -0.3 is 4.74 Å². The Hall–Kier alpha value is -2.83. The number of hydrogen-bond acceptors (Lipinski definition) is 2. The van der Waals surface area contributed by atoms with Crippen molar-refractivity contribution in [2.45, 2.75) is 38.7 Å². The van der Waals surface area contributed by atoms with E-state index in [1.54, 1.807) is 6.07 Å². The summed E-state index contributed by atoms with van der Waals surface area (Å²) in [6.07, 6.45) is 11.1. The van der Waals surface area contributed by atoms with Crippen molar-refractivity contribution in [1.82, 2.24) is 0 Å². The summed E-state index contributed by atoms with van der Waals surface area (Å²) in [4.78, 5) is 14.1. The molecule has 0 radical (unpaired) electrons. The van der Waals surface area contributed by atoms with Crippen molar-refractivity contribution < 1.29 is 9.53 Å². The quantitative estimate of drug-likeness (QED) is 0.206. The molecule has 2 aromatic carbocycles. The topological polar surface area (TPSA) is 26.3 Å². The zero-order chi connectivity index (χ0) is 20.4. The van der Waals surface area contributed by atoms with E-state index in [2.05, 4.69) is 54.6 Å². The summed E-state index contributed by atoms with van der Waals surface area (Å²) in [6.45, 7) is 3.97. The second kappa shape index (κ2) is 7.89. The lowest BCUT2D eigenvalue weighted by molar-refractivity contribution is -0.00316. The lowest BCUT2D eigenvalue weighted by Gasteiger charge is -2.33. The van der Waals surface area contributed by atoms with E-state index >= 15 is 0 Å². The smallest absolute Gasteiger partial charge is 0.339 e. The highest BCUT2D eigenvalue weighted by Crippen LogP contribution is 2.40. The number of rotatable bonds is 4. The van der Waals surface area contributed by atoms with Gasteiger partial charge in [0.25, 0.3) is 0 Å². The Bertz CT molecular complexity index is 1130. The van der Waals surface area contributed by atoms with Crippen molar-refractivity contribution in [2.24, 2.45) is 5.92 Å². The summed E-state index contributed by atoms with van der Waals surface area (Å²) in [5.41, 5.74) is 0.927. The Morgan fingerprint density at radius 2 is 2.03 bits per heavy atom. The third-order valence-electron chi connectivity index (χ3n) is 5.73. The van der Waals surface area contributed by atoms with Gasteiger partial charge >= 0.3 is 5.97 Å². The Morgan fingerprint density at radius 3 is 2.83 bits per heavy atom. The van der Waals surface area contributed by atoms with Crippen LogP contribution in [0.2, 0.25) is 0 Å². The second-order valence-electron chi connectivity index (χ2n) is 7.86.